The van der Waals surface area contributed by atoms with Crippen molar-refractivity contribution < 1.29 is 0 Å². The molecule has 0 unspecified atom stereocenters. The predicted octanol–water partition coefficient (Wildman–Crippen LogP) is 13.3. The molecule has 250 valence electrons. The number of anilines is 2. The summed E-state index contributed by atoms with van der Waals surface area (Å²) >= 11 is 0. The van der Waals surface area contributed by atoms with Crippen LogP contribution in [-0.4, -0.2) is 0 Å². The van der Waals surface area contributed by atoms with Gasteiger partial charge in [-0.1, -0.05) is 190 Å². The van der Waals surface area contributed by atoms with E-state index < -0.39 is 5.54 Å². The Labute approximate surface area is 307 Å². The average molecular weight is 668 g/mol. The molecule has 0 aromatic heterocycles. The maximum Gasteiger partial charge on any atom is 0.107 e. The van der Waals surface area contributed by atoms with Gasteiger partial charge in [0.1, 0.15) is 5.54 Å². The molecule has 0 radical (unpaired) electrons. The van der Waals surface area contributed by atoms with Gasteiger partial charge in [0.25, 0.3) is 0 Å². The lowest BCUT2D eigenvalue weighted by molar-refractivity contribution is 0.649. The molecule has 0 bridgehead atoms. The summed E-state index contributed by atoms with van der Waals surface area (Å²) in [6.07, 6.45) is 9.73. The lowest BCUT2D eigenvalue weighted by atomic mass is 9.77. The Morgan fingerprint density at radius 3 is 1.67 bits per heavy atom. The fourth-order valence-electron chi connectivity index (χ4n) is 8.52. The van der Waals surface area contributed by atoms with E-state index in [0.717, 1.165) is 5.69 Å². The summed E-state index contributed by atoms with van der Waals surface area (Å²) in [5, 5.41) is 0. The molecule has 0 fully saturated rings. The normalized spacial score (nSPS) is 18.1. The fraction of sp³-hybridized carbons (Fsp3) is 0.0980. The summed E-state index contributed by atoms with van der Waals surface area (Å²) in [5.41, 5.74) is 14.5. The molecule has 7 aromatic rings. The molecule has 0 heterocycles. The number of rotatable bonds is 7. The molecule has 0 atom stereocenters. The molecule has 0 saturated carbocycles. The van der Waals surface area contributed by atoms with Crippen molar-refractivity contribution in [3.8, 4) is 33.4 Å². The van der Waals surface area contributed by atoms with Crippen LogP contribution in [0.1, 0.15) is 42.0 Å². The van der Waals surface area contributed by atoms with Gasteiger partial charge in [-0.3, -0.25) is 0 Å². The second-order valence-corrected chi connectivity index (χ2v) is 14.5. The summed E-state index contributed by atoms with van der Waals surface area (Å²) in [4.78, 5) is 2.53. The topological polar surface area (TPSA) is 3.24 Å². The Hall–Kier alpha value is -6.18. The average Bonchev–Trinajstić information content (AvgIpc) is 3.45. The Kier molecular flexibility index (Phi) is 7.86. The highest BCUT2D eigenvalue weighted by Gasteiger charge is 2.40. The van der Waals surface area contributed by atoms with Crippen molar-refractivity contribution in [3.63, 3.8) is 0 Å². The summed E-state index contributed by atoms with van der Waals surface area (Å²) in [6.45, 7) is 4.72. The van der Waals surface area contributed by atoms with E-state index in [1.807, 2.05) is 0 Å². The summed E-state index contributed by atoms with van der Waals surface area (Å²) in [6, 6.07) is 66.3. The van der Waals surface area contributed by atoms with E-state index in [9.17, 15) is 0 Å². The van der Waals surface area contributed by atoms with Crippen molar-refractivity contribution in [1.29, 1.82) is 0 Å². The monoisotopic (exact) mass is 667 g/mol. The van der Waals surface area contributed by atoms with Gasteiger partial charge in [0.15, 0.2) is 0 Å². The van der Waals surface area contributed by atoms with E-state index in [1.165, 1.54) is 61.3 Å². The lowest BCUT2D eigenvalue weighted by Crippen LogP contribution is -2.41. The first-order valence-corrected chi connectivity index (χ1v) is 18.3. The highest BCUT2D eigenvalue weighted by Crippen LogP contribution is 2.52. The van der Waals surface area contributed by atoms with E-state index in [4.69, 9.17) is 0 Å². The first-order chi connectivity index (χ1) is 25.5. The van der Waals surface area contributed by atoms with Gasteiger partial charge in [-0.2, -0.15) is 0 Å². The zero-order valence-corrected chi connectivity index (χ0v) is 29.7. The molecule has 1 heteroatoms. The summed E-state index contributed by atoms with van der Waals surface area (Å²) in [5.74, 6) is 0.0850. The Balaban J connectivity index is 1.21. The van der Waals surface area contributed by atoms with Gasteiger partial charge in [0.2, 0.25) is 0 Å². The van der Waals surface area contributed by atoms with E-state index in [0.29, 0.717) is 0 Å². The van der Waals surface area contributed by atoms with Gasteiger partial charge >= 0.3 is 0 Å². The maximum atomic E-state index is 2.53. The van der Waals surface area contributed by atoms with Crippen LogP contribution < -0.4 is 4.90 Å². The Morgan fingerprint density at radius 1 is 0.423 bits per heavy atom. The van der Waals surface area contributed by atoms with Crippen LogP contribution >= 0.6 is 0 Å². The zero-order valence-electron chi connectivity index (χ0n) is 29.7. The third-order valence-corrected chi connectivity index (χ3v) is 11.2. The molecule has 0 spiro atoms. The van der Waals surface area contributed by atoms with E-state index >= 15 is 0 Å². The summed E-state index contributed by atoms with van der Waals surface area (Å²) in [7, 11) is 0. The number of fused-ring (bicyclic) bond motifs is 3. The molecule has 2 aliphatic carbocycles. The summed E-state index contributed by atoms with van der Waals surface area (Å²) < 4.78 is 0. The van der Waals surface area contributed by atoms with E-state index in [1.54, 1.807) is 0 Å². The van der Waals surface area contributed by atoms with Crippen LogP contribution in [-0.2, 0) is 11.0 Å². The minimum atomic E-state index is -0.576. The molecule has 2 aliphatic rings. The molecular weight excluding hydrogens is 627 g/mol. The second-order valence-electron chi connectivity index (χ2n) is 14.5. The Bertz CT molecular complexity index is 2410. The largest absolute Gasteiger partial charge is 0.324 e. The van der Waals surface area contributed by atoms with Crippen LogP contribution in [0.4, 0.5) is 11.4 Å². The standard InChI is InChI=1S/C51H41N/c1-50(2)48-26-16-15-25-45(48)46-30-28-43(36-49(46)50)52(42-23-13-6-14-24-42)51(41-21-11-5-12-22-41)33-31-39(32-34-51)47-35-40(37-17-7-3-8-18-37)27-29-44(47)38-19-9-4-10-20-38/h3-36,39H,1-2H3. The smallest absolute Gasteiger partial charge is 0.107 e. The quantitative estimate of drug-likeness (QED) is 0.153. The van der Waals surface area contributed by atoms with E-state index in [2.05, 4.69) is 225 Å². The lowest BCUT2D eigenvalue weighted by Gasteiger charge is -2.44. The van der Waals surface area contributed by atoms with Crippen molar-refractivity contribution in [3.05, 3.63) is 229 Å². The first kappa shape index (κ1) is 31.8. The molecule has 52 heavy (non-hydrogen) atoms. The number of hydrogen-bond acceptors (Lipinski definition) is 1. The van der Waals surface area contributed by atoms with Gasteiger partial charge in [-0.25, -0.2) is 0 Å². The highest BCUT2D eigenvalue weighted by atomic mass is 15.2. The Morgan fingerprint density at radius 2 is 0.981 bits per heavy atom. The van der Waals surface area contributed by atoms with Crippen LogP contribution in [0, 0.1) is 0 Å². The van der Waals surface area contributed by atoms with Crippen molar-refractivity contribution in [2.45, 2.75) is 30.7 Å². The molecule has 0 amide bonds. The van der Waals surface area contributed by atoms with Crippen LogP contribution in [0.25, 0.3) is 33.4 Å². The third-order valence-electron chi connectivity index (χ3n) is 11.2. The first-order valence-electron chi connectivity index (χ1n) is 18.3. The highest BCUT2D eigenvalue weighted by molar-refractivity contribution is 5.84. The molecule has 0 aliphatic heterocycles. The number of nitrogens with zero attached hydrogens (tertiary/aromatic N) is 1. The molecule has 0 N–H and O–H groups in total. The molecule has 7 aromatic carbocycles. The minimum Gasteiger partial charge on any atom is -0.324 e. The molecular formula is C51H41N. The van der Waals surface area contributed by atoms with Crippen LogP contribution in [0.2, 0.25) is 0 Å². The molecule has 1 nitrogen and oxygen atoms in total. The van der Waals surface area contributed by atoms with Gasteiger partial charge in [0.05, 0.1) is 0 Å². The second kappa shape index (κ2) is 12.9. The van der Waals surface area contributed by atoms with Crippen molar-refractivity contribution in [2.24, 2.45) is 0 Å². The van der Waals surface area contributed by atoms with Crippen LogP contribution in [0.3, 0.4) is 0 Å². The van der Waals surface area contributed by atoms with Gasteiger partial charge in [-0.15, -0.1) is 0 Å². The van der Waals surface area contributed by atoms with Gasteiger partial charge in [0, 0.05) is 22.7 Å². The third kappa shape index (κ3) is 5.33. The number of allylic oxidation sites excluding steroid dienone is 2. The van der Waals surface area contributed by atoms with E-state index in [-0.39, 0.29) is 11.3 Å². The van der Waals surface area contributed by atoms with Crippen molar-refractivity contribution in [1.82, 2.24) is 0 Å². The van der Waals surface area contributed by atoms with Crippen LogP contribution in [0.5, 0.6) is 0 Å². The number of benzene rings is 7. The zero-order chi connectivity index (χ0) is 35.1. The molecule has 9 rings (SSSR count). The van der Waals surface area contributed by atoms with Gasteiger partial charge in [-0.05, 0) is 86.0 Å². The predicted molar refractivity (Wildman–Crippen MR) is 219 cm³/mol. The number of para-hydroxylation sites is 1. The SMILES string of the molecule is CC1(C)c2ccccc2-c2ccc(N(c3ccccc3)C3(c4ccccc4)C=CC(c4cc(-c5ccccc5)ccc4-c4ccccc4)C=C3)cc21. The van der Waals surface area contributed by atoms with Crippen molar-refractivity contribution in [2.75, 3.05) is 4.90 Å². The van der Waals surface area contributed by atoms with Crippen molar-refractivity contribution >= 4 is 11.4 Å². The molecule has 0 saturated heterocycles. The number of hydrogen-bond donors (Lipinski definition) is 0. The van der Waals surface area contributed by atoms with Gasteiger partial charge < -0.3 is 4.90 Å². The maximum absolute atomic E-state index is 2.53. The minimum absolute atomic E-state index is 0.0850. The fourth-order valence-corrected chi connectivity index (χ4v) is 8.52. The van der Waals surface area contributed by atoms with Crippen LogP contribution in [0.15, 0.2) is 206 Å².